The molecule has 27 heavy (non-hydrogen) atoms. The maximum Gasteiger partial charge on any atom is 0.329 e. The molecule has 146 valence electrons. The monoisotopic (exact) mass is 392 g/mol. The van der Waals surface area contributed by atoms with E-state index in [-0.39, 0.29) is 25.0 Å². The molecule has 0 aliphatic carbocycles. The van der Waals surface area contributed by atoms with Crippen LogP contribution in [0.25, 0.3) is 10.2 Å². The van der Waals surface area contributed by atoms with Crippen molar-refractivity contribution in [3.8, 4) is 0 Å². The summed E-state index contributed by atoms with van der Waals surface area (Å²) in [5.74, 6) is -0.0845. The van der Waals surface area contributed by atoms with Gasteiger partial charge in [-0.05, 0) is 32.3 Å². The van der Waals surface area contributed by atoms with Gasteiger partial charge in [-0.1, -0.05) is 0 Å². The van der Waals surface area contributed by atoms with Crippen LogP contribution in [0.5, 0.6) is 0 Å². The van der Waals surface area contributed by atoms with E-state index in [1.54, 1.807) is 17.7 Å². The maximum absolute atomic E-state index is 12.3. The highest BCUT2D eigenvalue weighted by Crippen LogP contribution is 2.35. The summed E-state index contributed by atoms with van der Waals surface area (Å²) in [7, 11) is 0. The van der Waals surface area contributed by atoms with Crippen LogP contribution in [0, 0.1) is 19.8 Å². The molecular weight excluding hydrogens is 368 g/mol. The predicted octanol–water partition coefficient (Wildman–Crippen LogP) is 1.74. The number of aryl methyl sites for hydroxylation is 2. The van der Waals surface area contributed by atoms with Crippen molar-refractivity contribution >= 4 is 39.2 Å². The Morgan fingerprint density at radius 1 is 1.33 bits per heavy atom. The second kappa shape index (κ2) is 8.62. The van der Waals surface area contributed by atoms with Crippen molar-refractivity contribution in [1.82, 2.24) is 15.3 Å². The first kappa shape index (κ1) is 19.5. The number of fused-ring (bicyclic) bond motifs is 1. The van der Waals surface area contributed by atoms with Crippen LogP contribution in [0.15, 0.2) is 6.33 Å². The zero-order chi connectivity index (χ0) is 19.4. The zero-order valence-corrected chi connectivity index (χ0v) is 16.3. The fourth-order valence-corrected chi connectivity index (χ4v) is 4.30. The van der Waals surface area contributed by atoms with Gasteiger partial charge in [0.25, 0.3) is 0 Å². The number of carbonyl (C=O) groups excluding carboxylic acids is 1. The van der Waals surface area contributed by atoms with Crippen molar-refractivity contribution in [2.24, 2.45) is 5.92 Å². The highest BCUT2D eigenvalue weighted by Gasteiger charge is 2.27. The SMILES string of the molecule is Cc1sc2ncnc(N3CCC(C(=O)NCCOCC(=O)O)CC3)c2c1C. The molecule has 0 spiro atoms. The third-order valence-electron chi connectivity index (χ3n) is 4.88. The van der Waals surface area contributed by atoms with Gasteiger partial charge in [0.1, 0.15) is 23.6 Å². The van der Waals surface area contributed by atoms with Crippen LogP contribution in [-0.2, 0) is 14.3 Å². The molecule has 1 saturated heterocycles. The largest absolute Gasteiger partial charge is 0.480 e. The van der Waals surface area contributed by atoms with Gasteiger partial charge in [0.2, 0.25) is 5.91 Å². The summed E-state index contributed by atoms with van der Waals surface area (Å²) in [5.41, 5.74) is 1.23. The number of nitrogens with one attached hydrogen (secondary N) is 1. The number of thiophene rings is 1. The van der Waals surface area contributed by atoms with Crippen molar-refractivity contribution in [2.45, 2.75) is 26.7 Å². The lowest BCUT2D eigenvalue weighted by atomic mass is 9.95. The zero-order valence-electron chi connectivity index (χ0n) is 15.5. The summed E-state index contributed by atoms with van der Waals surface area (Å²) < 4.78 is 4.93. The molecule has 0 bridgehead atoms. The molecule has 2 N–H and O–H groups in total. The topological polar surface area (TPSA) is 105 Å². The number of amides is 1. The number of carboxylic acids is 1. The first-order valence-electron chi connectivity index (χ1n) is 9.00. The van der Waals surface area contributed by atoms with Crippen LogP contribution in [0.3, 0.4) is 0 Å². The lowest BCUT2D eigenvalue weighted by Gasteiger charge is -2.32. The van der Waals surface area contributed by atoms with Crippen molar-refractivity contribution < 1.29 is 19.4 Å². The van der Waals surface area contributed by atoms with Crippen LogP contribution in [0.2, 0.25) is 0 Å². The number of aromatic nitrogens is 2. The van der Waals surface area contributed by atoms with Crippen LogP contribution in [0.1, 0.15) is 23.3 Å². The first-order valence-corrected chi connectivity index (χ1v) is 9.82. The molecule has 0 unspecified atom stereocenters. The molecule has 2 aromatic heterocycles. The summed E-state index contributed by atoms with van der Waals surface area (Å²) in [5, 5.41) is 12.5. The number of piperidine rings is 1. The standard InChI is InChI=1S/C18H24N4O4S/c1-11-12(2)27-18-15(11)16(20-10-21-18)22-6-3-13(4-7-22)17(25)19-5-8-26-9-14(23)24/h10,13H,3-9H2,1-2H3,(H,19,25)(H,23,24). The highest BCUT2D eigenvalue weighted by molar-refractivity contribution is 7.18. The number of rotatable bonds is 7. The number of aliphatic carboxylic acids is 1. The van der Waals surface area contributed by atoms with E-state index in [1.807, 2.05) is 0 Å². The summed E-state index contributed by atoms with van der Waals surface area (Å²) in [6.07, 6.45) is 3.13. The molecule has 1 aliphatic heterocycles. The number of hydrogen-bond donors (Lipinski definition) is 2. The summed E-state index contributed by atoms with van der Waals surface area (Å²) in [4.78, 5) is 36.1. The minimum Gasteiger partial charge on any atom is -0.480 e. The average molecular weight is 392 g/mol. The molecule has 1 fully saturated rings. The van der Waals surface area contributed by atoms with Crippen LogP contribution in [-0.4, -0.2) is 59.8 Å². The number of carboxylic acid groups (broad SMARTS) is 1. The molecule has 3 heterocycles. The molecule has 1 amide bonds. The summed E-state index contributed by atoms with van der Waals surface area (Å²) in [6.45, 7) is 5.93. The van der Waals surface area contributed by atoms with Crippen LogP contribution in [0.4, 0.5) is 5.82 Å². The fourth-order valence-electron chi connectivity index (χ4n) is 3.31. The van der Waals surface area contributed by atoms with Gasteiger partial charge in [-0.25, -0.2) is 14.8 Å². The van der Waals surface area contributed by atoms with E-state index in [1.165, 1.54) is 10.4 Å². The van der Waals surface area contributed by atoms with E-state index in [0.29, 0.717) is 6.54 Å². The van der Waals surface area contributed by atoms with Gasteiger partial charge in [-0.15, -0.1) is 11.3 Å². The smallest absolute Gasteiger partial charge is 0.329 e. The maximum atomic E-state index is 12.3. The molecule has 8 nitrogen and oxygen atoms in total. The Kier molecular flexibility index (Phi) is 6.22. The Morgan fingerprint density at radius 2 is 2.07 bits per heavy atom. The molecular formula is C18H24N4O4S. The van der Waals surface area contributed by atoms with E-state index in [2.05, 4.69) is 34.0 Å². The Balaban J connectivity index is 1.53. The second-order valence-corrected chi connectivity index (χ2v) is 7.86. The van der Waals surface area contributed by atoms with Gasteiger partial charge in [0.05, 0.1) is 12.0 Å². The molecule has 1 aliphatic rings. The molecule has 9 heteroatoms. The quantitative estimate of drug-likeness (QED) is 0.692. The minimum atomic E-state index is -1.01. The van der Waals surface area contributed by atoms with Crippen molar-refractivity contribution in [3.63, 3.8) is 0 Å². The Hall–Kier alpha value is -2.26. The molecule has 0 aromatic carbocycles. The van der Waals surface area contributed by atoms with Crippen molar-refractivity contribution in [2.75, 3.05) is 37.7 Å². The van der Waals surface area contributed by atoms with E-state index in [4.69, 9.17) is 9.84 Å². The Bertz CT molecular complexity index is 830. The van der Waals surface area contributed by atoms with E-state index in [9.17, 15) is 9.59 Å². The normalized spacial score (nSPS) is 15.3. The number of hydrogen-bond acceptors (Lipinski definition) is 7. The molecule has 0 saturated carbocycles. The molecule has 3 rings (SSSR count). The van der Waals surface area contributed by atoms with Gasteiger partial charge in [0.15, 0.2) is 0 Å². The lowest BCUT2D eigenvalue weighted by molar-refractivity contribution is -0.142. The Labute approximate surface area is 161 Å². The number of ether oxygens (including phenoxy) is 1. The summed E-state index contributed by atoms with van der Waals surface area (Å²) >= 11 is 1.69. The van der Waals surface area contributed by atoms with Gasteiger partial charge in [-0.3, -0.25) is 4.79 Å². The molecule has 0 radical (unpaired) electrons. The number of nitrogens with zero attached hydrogens (tertiary/aromatic N) is 3. The van der Waals surface area contributed by atoms with Crippen LogP contribution < -0.4 is 10.2 Å². The second-order valence-electron chi connectivity index (χ2n) is 6.66. The first-order chi connectivity index (χ1) is 13.0. The van der Waals surface area contributed by atoms with Crippen LogP contribution >= 0.6 is 11.3 Å². The molecule has 0 atom stereocenters. The van der Waals surface area contributed by atoms with E-state index >= 15 is 0 Å². The average Bonchev–Trinajstić information content (AvgIpc) is 2.95. The summed E-state index contributed by atoms with van der Waals surface area (Å²) in [6, 6.07) is 0. The van der Waals surface area contributed by atoms with Gasteiger partial charge < -0.3 is 20.1 Å². The van der Waals surface area contributed by atoms with Gasteiger partial charge in [-0.2, -0.15) is 0 Å². The van der Waals surface area contributed by atoms with E-state index in [0.717, 1.165) is 42.0 Å². The van der Waals surface area contributed by atoms with Gasteiger partial charge >= 0.3 is 5.97 Å². The lowest BCUT2D eigenvalue weighted by Crippen LogP contribution is -2.41. The highest BCUT2D eigenvalue weighted by atomic mass is 32.1. The van der Waals surface area contributed by atoms with Crippen molar-refractivity contribution in [1.29, 1.82) is 0 Å². The number of carbonyl (C=O) groups is 2. The third-order valence-corrected chi connectivity index (χ3v) is 6.00. The minimum absolute atomic E-state index is 0.00367. The molecule has 2 aromatic rings. The van der Waals surface area contributed by atoms with Gasteiger partial charge in [0, 0.05) is 30.4 Å². The third kappa shape index (κ3) is 4.54. The number of anilines is 1. The van der Waals surface area contributed by atoms with Crippen molar-refractivity contribution in [3.05, 3.63) is 16.8 Å². The predicted molar refractivity (Wildman–Crippen MR) is 103 cm³/mol. The van der Waals surface area contributed by atoms with E-state index < -0.39 is 5.97 Å². The Morgan fingerprint density at radius 3 is 2.78 bits per heavy atom. The fraction of sp³-hybridized carbons (Fsp3) is 0.556.